The highest BCUT2D eigenvalue weighted by Gasteiger charge is 2.13. The summed E-state index contributed by atoms with van der Waals surface area (Å²) in [6, 6.07) is 2.75. The summed E-state index contributed by atoms with van der Waals surface area (Å²) in [5, 5.41) is 13.6. The molecule has 1 aromatic heterocycles. The molecule has 0 radical (unpaired) electrons. The molecule has 1 heterocycles. The van der Waals surface area contributed by atoms with E-state index in [2.05, 4.69) is 10.3 Å². The van der Waals surface area contributed by atoms with E-state index in [1.807, 2.05) is 6.92 Å². The highest BCUT2D eigenvalue weighted by atomic mass is 32.2. The van der Waals surface area contributed by atoms with E-state index in [1.54, 1.807) is 0 Å². The minimum atomic E-state index is -0.597. The molecule has 0 aliphatic heterocycles. The Labute approximate surface area is 102 Å². The van der Waals surface area contributed by atoms with Crippen molar-refractivity contribution in [2.24, 2.45) is 0 Å². The van der Waals surface area contributed by atoms with Crippen LogP contribution < -0.4 is 11.1 Å². The van der Waals surface area contributed by atoms with Gasteiger partial charge in [-0.2, -0.15) is 0 Å². The van der Waals surface area contributed by atoms with Crippen molar-refractivity contribution in [3.63, 3.8) is 0 Å². The molecule has 1 amide bonds. The maximum absolute atomic E-state index is 11.2. The van der Waals surface area contributed by atoms with Gasteiger partial charge >= 0.3 is 5.69 Å². The van der Waals surface area contributed by atoms with Gasteiger partial charge in [-0.1, -0.05) is 11.8 Å². The number of nitrogens with one attached hydrogen (secondary N) is 1. The standard InChI is InChI=1S/C9H12N4O3S/c1-2-11-7(14)5-17-8-4-3-6(13(15)16)9(10)12-8/h3-4H,2,5H2,1H3,(H2,10,12)(H,11,14). The Morgan fingerprint density at radius 2 is 2.35 bits per heavy atom. The van der Waals surface area contributed by atoms with E-state index in [-0.39, 0.29) is 23.2 Å². The summed E-state index contributed by atoms with van der Waals surface area (Å²) in [6.07, 6.45) is 0. The van der Waals surface area contributed by atoms with E-state index < -0.39 is 4.92 Å². The molecule has 3 N–H and O–H groups in total. The third-order valence-corrected chi connectivity index (χ3v) is 2.73. The average molecular weight is 256 g/mol. The third-order valence-electron chi connectivity index (χ3n) is 1.80. The Bertz CT molecular complexity index is 438. The van der Waals surface area contributed by atoms with Gasteiger partial charge in [0.2, 0.25) is 11.7 Å². The lowest BCUT2D eigenvalue weighted by molar-refractivity contribution is -0.384. The van der Waals surface area contributed by atoms with E-state index >= 15 is 0 Å². The molecule has 0 aliphatic rings. The van der Waals surface area contributed by atoms with E-state index in [9.17, 15) is 14.9 Å². The molecule has 1 rings (SSSR count). The Hall–Kier alpha value is -1.83. The normalized spacial score (nSPS) is 9.94. The first-order chi connectivity index (χ1) is 8.04. The molecule has 0 aromatic carbocycles. The van der Waals surface area contributed by atoms with Crippen LogP contribution in [0.1, 0.15) is 6.92 Å². The number of nitrogens with zero attached hydrogens (tertiary/aromatic N) is 2. The van der Waals surface area contributed by atoms with E-state index in [1.165, 1.54) is 23.9 Å². The number of nitro groups is 1. The summed E-state index contributed by atoms with van der Waals surface area (Å²) in [5.74, 6) is -0.0509. The zero-order valence-electron chi connectivity index (χ0n) is 9.17. The smallest absolute Gasteiger partial charge is 0.311 e. The number of thioether (sulfide) groups is 1. The second-order valence-corrected chi connectivity index (χ2v) is 4.05. The fourth-order valence-corrected chi connectivity index (χ4v) is 1.78. The van der Waals surface area contributed by atoms with Gasteiger partial charge in [-0.3, -0.25) is 14.9 Å². The van der Waals surface area contributed by atoms with Crippen molar-refractivity contribution in [1.82, 2.24) is 10.3 Å². The largest absolute Gasteiger partial charge is 0.378 e. The number of nitrogens with two attached hydrogens (primary N) is 1. The summed E-state index contributed by atoms with van der Waals surface area (Å²) in [7, 11) is 0. The predicted octanol–water partition coefficient (Wildman–Crippen LogP) is 0.800. The van der Waals surface area contributed by atoms with Gasteiger partial charge in [0.15, 0.2) is 0 Å². The summed E-state index contributed by atoms with van der Waals surface area (Å²) < 4.78 is 0. The predicted molar refractivity (Wildman–Crippen MR) is 64.7 cm³/mol. The summed E-state index contributed by atoms with van der Waals surface area (Å²) in [5.41, 5.74) is 5.19. The van der Waals surface area contributed by atoms with Crippen LogP contribution in [0.2, 0.25) is 0 Å². The number of aromatic nitrogens is 1. The Morgan fingerprint density at radius 3 is 2.88 bits per heavy atom. The van der Waals surface area contributed by atoms with Gasteiger partial charge in [0.05, 0.1) is 15.7 Å². The first kappa shape index (κ1) is 13.2. The molecule has 8 heteroatoms. The van der Waals surface area contributed by atoms with Gasteiger partial charge in [0.25, 0.3) is 0 Å². The van der Waals surface area contributed by atoms with E-state index in [0.29, 0.717) is 11.6 Å². The van der Waals surface area contributed by atoms with Crippen LogP contribution in [0.15, 0.2) is 17.2 Å². The SMILES string of the molecule is CCNC(=O)CSc1ccc([N+](=O)[O-])c(N)n1. The molecule has 0 fully saturated rings. The fourth-order valence-electron chi connectivity index (χ4n) is 1.07. The number of anilines is 1. The Balaban J connectivity index is 2.65. The molecule has 0 atom stereocenters. The molecule has 0 saturated heterocycles. The van der Waals surface area contributed by atoms with E-state index in [0.717, 1.165) is 0 Å². The molecule has 0 aliphatic carbocycles. The molecule has 1 aromatic rings. The fraction of sp³-hybridized carbons (Fsp3) is 0.333. The maximum atomic E-state index is 11.2. The van der Waals surface area contributed by atoms with Crippen LogP contribution in [0.3, 0.4) is 0 Å². The number of pyridine rings is 1. The second-order valence-electron chi connectivity index (χ2n) is 3.05. The highest BCUT2D eigenvalue weighted by Crippen LogP contribution is 2.23. The van der Waals surface area contributed by atoms with Crippen molar-refractivity contribution in [2.75, 3.05) is 18.0 Å². The lowest BCUT2D eigenvalue weighted by Crippen LogP contribution is -2.24. The van der Waals surface area contributed by atoms with Crippen molar-refractivity contribution in [3.8, 4) is 0 Å². The topological polar surface area (TPSA) is 111 Å². The van der Waals surface area contributed by atoms with Gasteiger partial charge < -0.3 is 11.1 Å². The third kappa shape index (κ3) is 3.91. The van der Waals surface area contributed by atoms with Crippen LogP contribution in [-0.4, -0.2) is 28.1 Å². The monoisotopic (exact) mass is 256 g/mol. The number of hydrogen-bond donors (Lipinski definition) is 2. The molecule has 7 nitrogen and oxygen atoms in total. The lowest BCUT2D eigenvalue weighted by atomic mass is 10.4. The number of rotatable bonds is 5. The van der Waals surface area contributed by atoms with Crippen LogP contribution in [-0.2, 0) is 4.79 Å². The number of hydrogen-bond acceptors (Lipinski definition) is 6. The highest BCUT2D eigenvalue weighted by molar-refractivity contribution is 7.99. The zero-order valence-corrected chi connectivity index (χ0v) is 9.99. The number of amides is 1. The van der Waals surface area contributed by atoms with Crippen LogP contribution in [0.5, 0.6) is 0 Å². The van der Waals surface area contributed by atoms with Gasteiger partial charge in [0.1, 0.15) is 0 Å². The number of carbonyl (C=O) groups is 1. The van der Waals surface area contributed by atoms with Gasteiger partial charge in [-0.25, -0.2) is 4.98 Å². The molecule has 0 saturated carbocycles. The van der Waals surface area contributed by atoms with Crippen molar-refractivity contribution in [3.05, 3.63) is 22.2 Å². The average Bonchev–Trinajstić information content (AvgIpc) is 2.26. The minimum Gasteiger partial charge on any atom is -0.378 e. The molecule has 0 bridgehead atoms. The molecular weight excluding hydrogens is 244 g/mol. The molecule has 17 heavy (non-hydrogen) atoms. The number of nitrogen functional groups attached to an aromatic ring is 1. The maximum Gasteiger partial charge on any atom is 0.311 e. The van der Waals surface area contributed by atoms with Crippen molar-refractivity contribution in [2.45, 2.75) is 11.9 Å². The van der Waals surface area contributed by atoms with Crippen molar-refractivity contribution >= 4 is 29.2 Å². The zero-order chi connectivity index (χ0) is 12.8. The summed E-state index contributed by atoms with van der Waals surface area (Å²) in [6.45, 7) is 2.39. The van der Waals surface area contributed by atoms with Crippen LogP contribution >= 0.6 is 11.8 Å². The first-order valence-corrected chi connectivity index (χ1v) is 5.83. The minimum absolute atomic E-state index is 0.115. The molecule has 92 valence electrons. The number of carbonyl (C=O) groups excluding carboxylic acids is 1. The van der Waals surface area contributed by atoms with Gasteiger partial charge in [0, 0.05) is 12.6 Å². The Morgan fingerprint density at radius 1 is 1.65 bits per heavy atom. The summed E-state index contributed by atoms with van der Waals surface area (Å²) >= 11 is 1.18. The van der Waals surface area contributed by atoms with Gasteiger partial charge in [-0.15, -0.1) is 0 Å². The molecular formula is C9H12N4O3S. The van der Waals surface area contributed by atoms with Crippen molar-refractivity contribution < 1.29 is 9.72 Å². The Kier molecular flexibility index (Phi) is 4.70. The van der Waals surface area contributed by atoms with Crippen LogP contribution in [0.25, 0.3) is 0 Å². The van der Waals surface area contributed by atoms with E-state index in [4.69, 9.17) is 5.73 Å². The van der Waals surface area contributed by atoms with Crippen molar-refractivity contribution in [1.29, 1.82) is 0 Å². The molecule has 0 unspecified atom stereocenters. The summed E-state index contributed by atoms with van der Waals surface area (Å²) in [4.78, 5) is 24.9. The lowest BCUT2D eigenvalue weighted by Gasteiger charge is -2.02. The quantitative estimate of drug-likeness (QED) is 0.458. The second kappa shape index (κ2) is 6.04. The van der Waals surface area contributed by atoms with Crippen LogP contribution in [0, 0.1) is 10.1 Å². The first-order valence-electron chi connectivity index (χ1n) is 4.85. The van der Waals surface area contributed by atoms with Gasteiger partial charge in [-0.05, 0) is 13.0 Å². The molecule has 0 spiro atoms. The van der Waals surface area contributed by atoms with Crippen LogP contribution in [0.4, 0.5) is 11.5 Å².